The minimum Gasteiger partial charge on any atom is -0.398 e. The van der Waals surface area contributed by atoms with Gasteiger partial charge in [-0.1, -0.05) is 0 Å². The van der Waals surface area contributed by atoms with Crippen LogP contribution in [0.2, 0.25) is 0 Å². The van der Waals surface area contributed by atoms with Gasteiger partial charge in [-0.2, -0.15) is 5.26 Å². The average molecular weight is 163 g/mol. The Hall–Kier alpha value is -1.89. The van der Waals surface area contributed by atoms with Gasteiger partial charge in [0.2, 0.25) is 0 Å². The fourth-order valence-corrected chi connectivity index (χ4v) is 0.841. The average Bonchev–Trinajstić information content (AvgIpc) is 2.06. The highest BCUT2D eigenvalue weighted by Gasteiger charge is 2.08. The van der Waals surface area contributed by atoms with E-state index in [1.54, 1.807) is 6.07 Å². The van der Waals surface area contributed by atoms with Gasteiger partial charge in [0, 0.05) is 11.9 Å². The summed E-state index contributed by atoms with van der Waals surface area (Å²) in [6.45, 7) is 0. The number of nitrogens with zero attached hydrogens (tertiary/aromatic N) is 1. The van der Waals surface area contributed by atoms with Crippen LogP contribution in [0.1, 0.15) is 11.1 Å². The Kier molecular flexibility index (Phi) is 2.06. The Morgan fingerprint density at radius 3 is 2.75 bits per heavy atom. The Morgan fingerprint density at radius 1 is 1.58 bits per heavy atom. The van der Waals surface area contributed by atoms with Crippen LogP contribution in [-0.2, 0) is 0 Å². The Morgan fingerprint density at radius 2 is 2.25 bits per heavy atom. The van der Waals surface area contributed by atoms with Crippen molar-refractivity contribution in [3.63, 3.8) is 0 Å². The number of rotatable bonds is 1. The smallest absolute Gasteiger partial charge is 0.151 e. The topological polar surface area (TPSA) is 73.7 Å². The molecule has 0 aliphatic heterocycles. The molecular weight excluding hydrogens is 157 g/mol. The standard InChI is InChI=1S/C8H6FN3/c9-8-5(3-10)1-2-7(12)6(8)4-11/h1-2,4,11H,12H2. The predicted molar refractivity (Wildman–Crippen MR) is 43.4 cm³/mol. The summed E-state index contributed by atoms with van der Waals surface area (Å²) in [5.74, 6) is -0.729. The van der Waals surface area contributed by atoms with Gasteiger partial charge >= 0.3 is 0 Å². The van der Waals surface area contributed by atoms with E-state index in [4.69, 9.17) is 16.4 Å². The third-order valence-electron chi connectivity index (χ3n) is 1.48. The Labute approximate surface area is 68.7 Å². The number of halogens is 1. The summed E-state index contributed by atoms with van der Waals surface area (Å²) in [5.41, 5.74) is 5.39. The van der Waals surface area contributed by atoms with Crippen LogP contribution in [-0.4, -0.2) is 6.21 Å². The van der Waals surface area contributed by atoms with Crippen LogP contribution in [0.3, 0.4) is 0 Å². The molecule has 3 nitrogen and oxygen atoms in total. The van der Waals surface area contributed by atoms with Crippen molar-refractivity contribution < 1.29 is 4.39 Å². The van der Waals surface area contributed by atoms with Gasteiger partial charge in [0.25, 0.3) is 0 Å². The van der Waals surface area contributed by atoms with Crippen molar-refractivity contribution in [2.45, 2.75) is 0 Å². The van der Waals surface area contributed by atoms with E-state index >= 15 is 0 Å². The molecule has 1 aromatic carbocycles. The number of nitrogens with two attached hydrogens (primary N) is 1. The van der Waals surface area contributed by atoms with Crippen molar-refractivity contribution >= 4 is 11.9 Å². The third-order valence-corrected chi connectivity index (χ3v) is 1.48. The van der Waals surface area contributed by atoms with Crippen LogP contribution in [0.5, 0.6) is 0 Å². The zero-order valence-corrected chi connectivity index (χ0v) is 6.13. The lowest BCUT2D eigenvalue weighted by atomic mass is 10.1. The van der Waals surface area contributed by atoms with E-state index in [0.717, 1.165) is 6.21 Å². The van der Waals surface area contributed by atoms with Gasteiger partial charge in [0.05, 0.1) is 11.1 Å². The van der Waals surface area contributed by atoms with E-state index in [9.17, 15) is 4.39 Å². The maximum Gasteiger partial charge on any atom is 0.151 e. The van der Waals surface area contributed by atoms with E-state index in [1.165, 1.54) is 12.1 Å². The second kappa shape index (κ2) is 3.01. The zero-order chi connectivity index (χ0) is 9.14. The number of anilines is 1. The fraction of sp³-hybridized carbons (Fsp3) is 0. The second-order valence-electron chi connectivity index (χ2n) is 2.19. The fourth-order valence-electron chi connectivity index (χ4n) is 0.841. The molecule has 60 valence electrons. The van der Waals surface area contributed by atoms with E-state index in [1.807, 2.05) is 0 Å². The van der Waals surface area contributed by atoms with Crippen LogP contribution in [0.25, 0.3) is 0 Å². The normalized spacial score (nSPS) is 9.00. The highest BCUT2D eigenvalue weighted by Crippen LogP contribution is 2.16. The molecule has 0 aromatic heterocycles. The molecule has 1 rings (SSSR count). The van der Waals surface area contributed by atoms with E-state index in [2.05, 4.69) is 0 Å². The Bertz CT molecular complexity index is 365. The molecule has 0 aliphatic rings. The van der Waals surface area contributed by atoms with Gasteiger partial charge in [0.15, 0.2) is 5.82 Å². The highest BCUT2D eigenvalue weighted by atomic mass is 19.1. The number of nitriles is 1. The van der Waals surface area contributed by atoms with Crippen molar-refractivity contribution in [1.29, 1.82) is 10.7 Å². The first-order valence-corrected chi connectivity index (χ1v) is 3.19. The zero-order valence-electron chi connectivity index (χ0n) is 6.13. The summed E-state index contributed by atoms with van der Waals surface area (Å²) in [4.78, 5) is 0. The summed E-state index contributed by atoms with van der Waals surface area (Å²) >= 11 is 0. The number of nitrogen functional groups attached to an aromatic ring is 1. The van der Waals surface area contributed by atoms with E-state index in [-0.39, 0.29) is 16.8 Å². The first-order valence-electron chi connectivity index (χ1n) is 3.19. The molecule has 0 saturated carbocycles. The molecule has 0 radical (unpaired) electrons. The van der Waals surface area contributed by atoms with Crippen LogP contribution in [0.4, 0.5) is 10.1 Å². The molecule has 0 saturated heterocycles. The van der Waals surface area contributed by atoms with Gasteiger partial charge in [-0.15, -0.1) is 0 Å². The predicted octanol–water partition coefficient (Wildman–Crippen LogP) is 1.28. The van der Waals surface area contributed by atoms with Crippen molar-refractivity contribution in [2.24, 2.45) is 0 Å². The van der Waals surface area contributed by atoms with Crippen molar-refractivity contribution in [2.75, 3.05) is 5.73 Å². The monoisotopic (exact) mass is 163 g/mol. The van der Waals surface area contributed by atoms with E-state index < -0.39 is 5.82 Å². The van der Waals surface area contributed by atoms with Gasteiger partial charge in [0.1, 0.15) is 6.07 Å². The second-order valence-corrected chi connectivity index (χ2v) is 2.19. The first kappa shape index (κ1) is 8.21. The van der Waals surface area contributed by atoms with E-state index in [0.29, 0.717) is 0 Å². The lowest BCUT2D eigenvalue weighted by Gasteiger charge is -2.01. The SMILES string of the molecule is N#Cc1ccc(N)c(C=N)c1F. The lowest BCUT2D eigenvalue weighted by Crippen LogP contribution is -1.98. The minimum absolute atomic E-state index is 0.0333. The lowest BCUT2D eigenvalue weighted by molar-refractivity contribution is 0.622. The molecule has 0 unspecified atom stereocenters. The quantitative estimate of drug-likeness (QED) is 0.483. The molecular formula is C8H6FN3. The molecule has 0 amide bonds. The third kappa shape index (κ3) is 1.12. The molecule has 0 atom stereocenters. The molecule has 0 aliphatic carbocycles. The van der Waals surface area contributed by atoms with Crippen LogP contribution < -0.4 is 5.73 Å². The number of nitrogens with one attached hydrogen (secondary N) is 1. The Balaban J connectivity index is 3.46. The van der Waals surface area contributed by atoms with Crippen LogP contribution in [0, 0.1) is 22.6 Å². The minimum atomic E-state index is -0.729. The molecule has 0 fully saturated rings. The molecule has 0 spiro atoms. The molecule has 1 aromatic rings. The van der Waals surface area contributed by atoms with Gasteiger partial charge in [-0.3, -0.25) is 0 Å². The van der Waals surface area contributed by atoms with Crippen LogP contribution >= 0.6 is 0 Å². The molecule has 4 heteroatoms. The number of hydrogen-bond donors (Lipinski definition) is 2. The molecule has 0 bridgehead atoms. The van der Waals surface area contributed by atoms with Gasteiger partial charge in [-0.05, 0) is 12.1 Å². The largest absolute Gasteiger partial charge is 0.398 e. The van der Waals surface area contributed by atoms with Gasteiger partial charge in [-0.25, -0.2) is 4.39 Å². The van der Waals surface area contributed by atoms with Crippen molar-refractivity contribution in [1.82, 2.24) is 0 Å². The molecule has 3 N–H and O–H groups in total. The summed E-state index contributed by atoms with van der Waals surface area (Å²) in [7, 11) is 0. The van der Waals surface area contributed by atoms with Crippen LogP contribution in [0.15, 0.2) is 12.1 Å². The first-order chi connectivity index (χ1) is 5.70. The molecule has 12 heavy (non-hydrogen) atoms. The maximum atomic E-state index is 13.1. The highest BCUT2D eigenvalue weighted by molar-refractivity contribution is 5.85. The summed E-state index contributed by atoms with van der Waals surface area (Å²) in [6.07, 6.45) is 0.797. The number of benzene rings is 1. The summed E-state index contributed by atoms with van der Waals surface area (Å²) < 4.78 is 13.1. The van der Waals surface area contributed by atoms with Crippen molar-refractivity contribution in [3.8, 4) is 6.07 Å². The maximum absolute atomic E-state index is 13.1. The molecule has 0 heterocycles. The summed E-state index contributed by atoms with van der Waals surface area (Å²) in [6, 6.07) is 4.36. The van der Waals surface area contributed by atoms with Gasteiger partial charge < -0.3 is 11.1 Å². The number of hydrogen-bond acceptors (Lipinski definition) is 3. The van der Waals surface area contributed by atoms with Crippen molar-refractivity contribution in [3.05, 3.63) is 29.1 Å². The summed E-state index contributed by atoms with van der Waals surface area (Å²) in [5, 5.41) is 15.3.